The predicted octanol–water partition coefficient (Wildman–Crippen LogP) is 3.56. The van der Waals surface area contributed by atoms with Crippen molar-refractivity contribution in [1.82, 2.24) is 4.98 Å². The van der Waals surface area contributed by atoms with E-state index in [2.05, 4.69) is 10.3 Å². The van der Waals surface area contributed by atoms with E-state index in [1.807, 2.05) is 0 Å². The van der Waals surface area contributed by atoms with E-state index in [1.165, 1.54) is 36.6 Å². The number of aromatic hydroxyl groups is 1. The summed E-state index contributed by atoms with van der Waals surface area (Å²) in [5.41, 5.74) is 0.777. The van der Waals surface area contributed by atoms with E-state index in [0.717, 1.165) is 16.9 Å². The number of anilines is 1. The van der Waals surface area contributed by atoms with Crippen molar-refractivity contribution in [2.75, 3.05) is 11.6 Å². The van der Waals surface area contributed by atoms with Crippen molar-refractivity contribution in [3.8, 4) is 11.5 Å². The Balaban J connectivity index is 1.70. The Kier molecular flexibility index (Phi) is 5.94. The molecule has 3 aromatic rings. The fourth-order valence-corrected chi connectivity index (χ4v) is 3.68. The number of aromatic nitrogens is 1. The fourth-order valence-electron chi connectivity index (χ4n) is 2.15. The van der Waals surface area contributed by atoms with E-state index in [0.29, 0.717) is 10.8 Å². The number of hydrogen-bond donors (Lipinski definition) is 2. The number of ether oxygens (including phenoxy) is 1. The number of benzene rings is 2. The van der Waals surface area contributed by atoms with Gasteiger partial charge in [-0.25, -0.2) is 4.39 Å². The highest BCUT2D eigenvalue weighted by molar-refractivity contribution is 7.90. The lowest BCUT2D eigenvalue weighted by atomic mass is 10.1. The fraction of sp³-hybridized carbons (Fsp3) is 0.111. The van der Waals surface area contributed by atoms with Crippen molar-refractivity contribution in [3.05, 3.63) is 64.8 Å². The highest BCUT2D eigenvalue weighted by atomic mass is 32.2. The molecule has 0 spiro atoms. The molecule has 1 amide bonds. The van der Waals surface area contributed by atoms with Crippen LogP contribution >= 0.6 is 11.3 Å². The molecular formula is C18H15FN2O4S2. The molecule has 9 heteroatoms. The summed E-state index contributed by atoms with van der Waals surface area (Å²) < 4.78 is 29.9. The Morgan fingerprint density at radius 1 is 1.33 bits per heavy atom. The van der Waals surface area contributed by atoms with Crippen LogP contribution in [0.4, 0.5) is 9.52 Å². The van der Waals surface area contributed by atoms with Crippen molar-refractivity contribution in [2.24, 2.45) is 0 Å². The predicted molar refractivity (Wildman–Crippen MR) is 101 cm³/mol. The van der Waals surface area contributed by atoms with Gasteiger partial charge in [-0.1, -0.05) is 23.5 Å². The first-order chi connectivity index (χ1) is 12.9. The van der Waals surface area contributed by atoms with Crippen molar-refractivity contribution >= 4 is 33.6 Å². The van der Waals surface area contributed by atoms with Crippen LogP contribution in [0.15, 0.2) is 52.9 Å². The summed E-state index contributed by atoms with van der Waals surface area (Å²) in [5, 5.41) is 14.8. The molecule has 0 fully saturated rings. The number of phenolic OH excluding ortho intramolecular Hbond substituents is 1. The zero-order valence-corrected chi connectivity index (χ0v) is 15.8. The van der Waals surface area contributed by atoms with Crippen LogP contribution in [-0.2, 0) is 17.8 Å². The maximum atomic E-state index is 12.9. The minimum atomic E-state index is -1.24. The van der Waals surface area contributed by atoms with E-state index in [1.54, 1.807) is 17.5 Å². The summed E-state index contributed by atoms with van der Waals surface area (Å²) >= 11 is -0.103. The molecule has 0 radical (unpaired) electrons. The van der Waals surface area contributed by atoms with Gasteiger partial charge in [-0.15, -0.1) is 0 Å². The summed E-state index contributed by atoms with van der Waals surface area (Å²) in [6.07, 6.45) is 1.49. The molecule has 1 heterocycles. The molecule has 0 saturated heterocycles. The summed E-state index contributed by atoms with van der Waals surface area (Å²) in [6, 6.07) is 10.1. The first kappa shape index (κ1) is 19.2. The second kappa shape index (κ2) is 8.38. The van der Waals surface area contributed by atoms with Gasteiger partial charge in [0.15, 0.2) is 5.13 Å². The van der Waals surface area contributed by atoms with E-state index in [9.17, 15) is 18.8 Å². The molecule has 0 aliphatic carbocycles. The number of carbonyl (C=O) groups excluding carboxylic acids is 1. The summed E-state index contributed by atoms with van der Waals surface area (Å²) in [4.78, 5) is 16.5. The van der Waals surface area contributed by atoms with Crippen LogP contribution in [0.25, 0.3) is 0 Å². The minimum absolute atomic E-state index is 0.0148. The number of nitrogens with one attached hydrogen (secondary N) is 1. The molecule has 140 valence electrons. The average molecular weight is 406 g/mol. The Morgan fingerprint density at radius 2 is 2.07 bits per heavy atom. The number of thiazole rings is 1. The standard InChI is InChI=1S/C18H15FN2O4S2/c1-27(24)16-10-26-18(20-16)21-17(23)14-8-13(6-7-15(14)22)25-9-11-2-4-12(19)5-3-11/h2-8,10,22H,9H2,1H3,(H,20,21,23). The number of rotatable bonds is 6. The van der Waals surface area contributed by atoms with Crippen LogP contribution in [0.5, 0.6) is 11.5 Å². The first-order valence-corrected chi connectivity index (χ1v) is 10.2. The molecule has 2 aromatic carbocycles. The van der Waals surface area contributed by atoms with Gasteiger partial charge in [0.2, 0.25) is 0 Å². The number of amides is 1. The Labute approximate surface area is 161 Å². The highest BCUT2D eigenvalue weighted by Gasteiger charge is 2.16. The average Bonchev–Trinajstić information content (AvgIpc) is 3.11. The molecule has 0 aliphatic rings. The molecule has 1 aromatic heterocycles. The van der Waals surface area contributed by atoms with E-state index >= 15 is 0 Å². The minimum Gasteiger partial charge on any atom is -0.610 e. The molecule has 0 aliphatic heterocycles. The molecule has 0 saturated carbocycles. The molecular weight excluding hydrogens is 391 g/mol. The maximum absolute atomic E-state index is 12.9. The quantitative estimate of drug-likeness (QED) is 0.611. The zero-order chi connectivity index (χ0) is 19.4. The molecule has 0 bridgehead atoms. The van der Waals surface area contributed by atoms with E-state index in [4.69, 9.17) is 4.74 Å². The molecule has 2 N–H and O–H groups in total. The third kappa shape index (κ3) is 4.97. The molecule has 6 nitrogen and oxygen atoms in total. The lowest BCUT2D eigenvalue weighted by Gasteiger charge is -2.09. The van der Waals surface area contributed by atoms with E-state index < -0.39 is 17.1 Å². The lowest BCUT2D eigenvalue weighted by Crippen LogP contribution is -2.12. The van der Waals surface area contributed by atoms with Crippen LogP contribution in [0.3, 0.4) is 0 Å². The monoisotopic (exact) mass is 406 g/mol. The van der Waals surface area contributed by atoms with Crippen LogP contribution in [0, 0.1) is 5.82 Å². The van der Waals surface area contributed by atoms with Crippen molar-refractivity contribution in [2.45, 2.75) is 11.6 Å². The molecule has 3 rings (SSSR count). The summed E-state index contributed by atoms with van der Waals surface area (Å²) in [7, 11) is 0. The van der Waals surface area contributed by atoms with Gasteiger partial charge in [-0.05, 0) is 35.9 Å². The van der Waals surface area contributed by atoms with Gasteiger partial charge in [-0.3, -0.25) is 10.1 Å². The Hall–Kier alpha value is -2.62. The number of hydrogen-bond acceptors (Lipinski definition) is 6. The van der Waals surface area contributed by atoms with Crippen LogP contribution < -0.4 is 10.1 Å². The molecule has 27 heavy (non-hydrogen) atoms. The summed E-state index contributed by atoms with van der Waals surface area (Å²) in [6.45, 7) is 0.185. The number of carbonyl (C=O) groups is 1. The molecule has 1 atom stereocenters. The normalized spacial score (nSPS) is 11.8. The third-order valence-electron chi connectivity index (χ3n) is 3.53. The van der Waals surface area contributed by atoms with Gasteiger partial charge in [0, 0.05) is 11.2 Å². The van der Waals surface area contributed by atoms with Crippen molar-refractivity contribution in [3.63, 3.8) is 0 Å². The van der Waals surface area contributed by atoms with Gasteiger partial charge in [0.25, 0.3) is 10.9 Å². The number of halogens is 1. The second-order valence-corrected chi connectivity index (χ2v) is 7.68. The van der Waals surface area contributed by atoms with Crippen LogP contribution in [0.2, 0.25) is 0 Å². The third-order valence-corrected chi connectivity index (χ3v) is 5.23. The van der Waals surface area contributed by atoms with Crippen molar-refractivity contribution in [1.29, 1.82) is 0 Å². The SMILES string of the molecule is C[S+]([O-])c1csc(NC(=O)c2cc(OCc3ccc(F)cc3)ccc2O)n1. The Morgan fingerprint density at radius 3 is 2.74 bits per heavy atom. The highest BCUT2D eigenvalue weighted by Crippen LogP contribution is 2.26. The topological polar surface area (TPSA) is 94.5 Å². The molecule has 1 unspecified atom stereocenters. The largest absolute Gasteiger partial charge is 0.610 e. The van der Waals surface area contributed by atoms with Crippen LogP contribution in [-0.4, -0.2) is 26.8 Å². The van der Waals surface area contributed by atoms with Gasteiger partial charge >= 0.3 is 0 Å². The van der Waals surface area contributed by atoms with E-state index in [-0.39, 0.29) is 28.9 Å². The Bertz CT molecular complexity index is 945. The van der Waals surface area contributed by atoms with Gasteiger partial charge < -0.3 is 14.4 Å². The smallest absolute Gasteiger partial charge is 0.261 e. The van der Waals surface area contributed by atoms with Gasteiger partial charge in [-0.2, -0.15) is 4.98 Å². The second-order valence-electron chi connectivity index (χ2n) is 5.49. The maximum Gasteiger partial charge on any atom is 0.261 e. The van der Waals surface area contributed by atoms with Crippen LogP contribution in [0.1, 0.15) is 15.9 Å². The zero-order valence-electron chi connectivity index (χ0n) is 14.1. The number of phenols is 1. The lowest BCUT2D eigenvalue weighted by molar-refractivity contribution is 0.102. The van der Waals surface area contributed by atoms with Crippen molar-refractivity contribution < 1.29 is 23.6 Å². The van der Waals surface area contributed by atoms with Gasteiger partial charge in [0.05, 0.1) is 10.9 Å². The summed E-state index contributed by atoms with van der Waals surface area (Å²) in [5.74, 6) is -0.739. The number of nitrogens with zero attached hydrogens (tertiary/aromatic N) is 1. The first-order valence-electron chi connectivity index (χ1n) is 7.73. The van der Waals surface area contributed by atoms with Gasteiger partial charge in [0.1, 0.15) is 30.2 Å².